The van der Waals surface area contributed by atoms with Crippen LogP contribution in [0.1, 0.15) is 36.5 Å². The van der Waals surface area contributed by atoms with Gasteiger partial charge in [-0.1, -0.05) is 6.42 Å². The fourth-order valence-corrected chi connectivity index (χ4v) is 2.78. The van der Waals surface area contributed by atoms with Gasteiger partial charge in [-0.2, -0.15) is 0 Å². The molecule has 2 rings (SSSR count). The number of hydrogen-bond acceptors (Lipinski definition) is 4. The summed E-state index contributed by atoms with van der Waals surface area (Å²) in [5.74, 6) is 1.21. The van der Waals surface area contributed by atoms with Gasteiger partial charge in [-0.15, -0.1) is 0 Å². The maximum Gasteiger partial charge on any atom is 0.251 e. The molecule has 0 spiro atoms. The molecule has 1 saturated carbocycles. The third kappa shape index (κ3) is 3.67. The number of carbonyl (C=O) groups is 1. The fraction of sp³-hybridized carbons (Fsp3) is 0.562. The maximum atomic E-state index is 12.3. The van der Waals surface area contributed by atoms with Crippen molar-refractivity contribution in [3.63, 3.8) is 0 Å². The zero-order chi connectivity index (χ0) is 15.2. The number of benzene rings is 1. The van der Waals surface area contributed by atoms with Crippen LogP contribution in [0.15, 0.2) is 18.2 Å². The first kappa shape index (κ1) is 15.6. The van der Waals surface area contributed by atoms with E-state index < -0.39 is 0 Å². The molecule has 0 saturated heterocycles. The smallest absolute Gasteiger partial charge is 0.251 e. The second-order valence-electron chi connectivity index (χ2n) is 5.25. The first-order valence-corrected chi connectivity index (χ1v) is 7.42. The van der Waals surface area contributed by atoms with E-state index in [2.05, 4.69) is 5.32 Å². The average molecular weight is 293 g/mol. The Labute approximate surface area is 125 Å². The van der Waals surface area contributed by atoms with E-state index in [1.807, 2.05) is 6.92 Å². The molecule has 1 aliphatic carbocycles. The molecule has 5 nitrogen and oxygen atoms in total. The van der Waals surface area contributed by atoms with Crippen molar-refractivity contribution in [3.8, 4) is 11.5 Å². The molecular formula is C16H23NO4. The Bertz CT molecular complexity index is 489. The SMILES string of the molecule is CCOc1cc(C(=O)NC2CCCC2CO)ccc1OC. The molecule has 21 heavy (non-hydrogen) atoms. The van der Waals surface area contributed by atoms with Gasteiger partial charge in [0.05, 0.1) is 13.7 Å². The summed E-state index contributed by atoms with van der Waals surface area (Å²) in [5.41, 5.74) is 0.544. The van der Waals surface area contributed by atoms with Gasteiger partial charge in [0, 0.05) is 24.1 Å². The summed E-state index contributed by atoms with van der Waals surface area (Å²) in [4.78, 5) is 12.3. The Morgan fingerprint density at radius 3 is 2.86 bits per heavy atom. The molecule has 0 radical (unpaired) electrons. The zero-order valence-electron chi connectivity index (χ0n) is 12.6. The summed E-state index contributed by atoms with van der Waals surface area (Å²) in [6.45, 7) is 2.52. The molecule has 2 unspecified atom stereocenters. The van der Waals surface area contributed by atoms with Gasteiger partial charge in [0.25, 0.3) is 5.91 Å². The lowest BCUT2D eigenvalue weighted by Gasteiger charge is -2.19. The Hall–Kier alpha value is -1.75. The highest BCUT2D eigenvalue weighted by atomic mass is 16.5. The van der Waals surface area contributed by atoms with E-state index >= 15 is 0 Å². The van der Waals surface area contributed by atoms with Crippen molar-refractivity contribution >= 4 is 5.91 Å². The molecule has 5 heteroatoms. The monoisotopic (exact) mass is 293 g/mol. The van der Waals surface area contributed by atoms with Gasteiger partial charge in [0.1, 0.15) is 0 Å². The highest BCUT2D eigenvalue weighted by Gasteiger charge is 2.28. The Morgan fingerprint density at radius 2 is 2.19 bits per heavy atom. The highest BCUT2D eigenvalue weighted by molar-refractivity contribution is 5.95. The standard InChI is InChI=1S/C16H23NO4/c1-3-21-15-9-11(7-8-14(15)20-2)16(19)17-13-6-4-5-12(13)10-18/h7-9,12-13,18H,3-6,10H2,1-2H3,(H,17,19). The molecule has 0 aliphatic heterocycles. The van der Waals surface area contributed by atoms with Crippen LogP contribution in [-0.2, 0) is 0 Å². The lowest BCUT2D eigenvalue weighted by atomic mass is 10.0. The van der Waals surface area contributed by atoms with Crippen LogP contribution in [0.4, 0.5) is 0 Å². The molecular weight excluding hydrogens is 270 g/mol. The van der Waals surface area contributed by atoms with Crippen LogP contribution in [-0.4, -0.2) is 37.4 Å². The number of hydrogen-bond donors (Lipinski definition) is 2. The molecule has 116 valence electrons. The highest BCUT2D eigenvalue weighted by Crippen LogP contribution is 2.29. The van der Waals surface area contributed by atoms with Gasteiger partial charge >= 0.3 is 0 Å². The quantitative estimate of drug-likeness (QED) is 0.841. The number of carbonyl (C=O) groups excluding carboxylic acids is 1. The summed E-state index contributed by atoms with van der Waals surface area (Å²) in [7, 11) is 1.57. The fourth-order valence-electron chi connectivity index (χ4n) is 2.78. The van der Waals surface area contributed by atoms with Crippen molar-refractivity contribution in [2.45, 2.75) is 32.2 Å². The van der Waals surface area contributed by atoms with Gasteiger partial charge in [-0.25, -0.2) is 0 Å². The topological polar surface area (TPSA) is 67.8 Å². The third-order valence-corrected chi connectivity index (χ3v) is 3.94. The molecule has 0 bridgehead atoms. The molecule has 1 amide bonds. The second-order valence-corrected chi connectivity index (χ2v) is 5.25. The van der Waals surface area contributed by atoms with Crippen molar-refractivity contribution in [2.24, 2.45) is 5.92 Å². The number of ether oxygens (including phenoxy) is 2. The first-order valence-electron chi connectivity index (χ1n) is 7.42. The van der Waals surface area contributed by atoms with Gasteiger partial charge < -0.3 is 19.9 Å². The normalized spacial score (nSPS) is 21.1. The number of aliphatic hydroxyl groups excluding tert-OH is 1. The van der Waals surface area contributed by atoms with E-state index in [1.165, 1.54) is 0 Å². The summed E-state index contributed by atoms with van der Waals surface area (Å²) in [6, 6.07) is 5.21. The maximum absolute atomic E-state index is 12.3. The van der Waals surface area contributed by atoms with Gasteiger partial charge in [0.2, 0.25) is 0 Å². The van der Waals surface area contributed by atoms with Crippen molar-refractivity contribution < 1.29 is 19.4 Å². The van der Waals surface area contributed by atoms with Crippen molar-refractivity contribution in [1.29, 1.82) is 0 Å². The van der Waals surface area contributed by atoms with E-state index in [1.54, 1.807) is 25.3 Å². The van der Waals surface area contributed by atoms with Crippen molar-refractivity contribution in [3.05, 3.63) is 23.8 Å². The van der Waals surface area contributed by atoms with Crippen LogP contribution < -0.4 is 14.8 Å². The number of aliphatic hydroxyl groups is 1. The molecule has 1 aliphatic rings. The van der Waals surface area contributed by atoms with Gasteiger partial charge in [-0.05, 0) is 38.0 Å². The van der Waals surface area contributed by atoms with E-state index in [9.17, 15) is 9.90 Å². The predicted molar refractivity (Wildman–Crippen MR) is 79.8 cm³/mol. The summed E-state index contributed by atoms with van der Waals surface area (Å²) < 4.78 is 10.7. The van der Waals surface area contributed by atoms with Crippen LogP contribution in [0.2, 0.25) is 0 Å². The number of methoxy groups -OCH3 is 1. The summed E-state index contributed by atoms with van der Waals surface area (Å²) in [6.07, 6.45) is 2.93. The van der Waals surface area contributed by atoms with E-state index in [0.29, 0.717) is 23.7 Å². The van der Waals surface area contributed by atoms with Gasteiger partial charge in [0.15, 0.2) is 11.5 Å². The minimum atomic E-state index is -0.135. The Kier molecular flexibility index (Phi) is 5.44. The molecule has 2 N–H and O–H groups in total. The molecule has 1 aromatic rings. The van der Waals surface area contributed by atoms with E-state index in [4.69, 9.17) is 9.47 Å². The second kappa shape index (κ2) is 7.31. The van der Waals surface area contributed by atoms with Crippen LogP contribution in [0.25, 0.3) is 0 Å². The molecule has 1 aromatic carbocycles. The van der Waals surface area contributed by atoms with Crippen molar-refractivity contribution in [2.75, 3.05) is 20.3 Å². The number of nitrogens with one attached hydrogen (secondary N) is 1. The van der Waals surface area contributed by atoms with Crippen LogP contribution in [0, 0.1) is 5.92 Å². The van der Waals surface area contributed by atoms with E-state index in [0.717, 1.165) is 19.3 Å². The Morgan fingerprint density at radius 1 is 1.38 bits per heavy atom. The lowest BCUT2D eigenvalue weighted by Crippen LogP contribution is -2.38. The van der Waals surface area contributed by atoms with Crippen LogP contribution in [0.3, 0.4) is 0 Å². The summed E-state index contributed by atoms with van der Waals surface area (Å²) in [5, 5.41) is 12.3. The summed E-state index contributed by atoms with van der Waals surface area (Å²) >= 11 is 0. The van der Waals surface area contributed by atoms with Gasteiger partial charge in [-0.3, -0.25) is 4.79 Å². The van der Waals surface area contributed by atoms with Crippen molar-refractivity contribution in [1.82, 2.24) is 5.32 Å². The molecule has 1 fully saturated rings. The first-order chi connectivity index (χ1) is 10.2. The molecule has 0 aromatic heterocycles. The number of amides is 1. The third-order valence-electron chi connectivity index (χ3n) is 3.94. The average Bonchev–Trinajstić information content (AvgIpc) is 2.94. The Balaban J connectivity index is 2.10. The molecule has 0 heterocycles. The van der Waals surface area contributed by atoms with Crippen LogP contribution >= 0.6 is 0 Å². The largest absolute Gasteiger partial charge is 0.493 e. The van der Waals surface area contributed by atoms with Crippen LogP contribution in [0.5, 0.6) is 11.5 Å². The minimum Gasteiger partial charge on any atom is -0.493 e. The predicted octanol–water partition coefficient (Wildman–Crippen LogP) is 1.98. The number of rotatable bonds is 6. The molecule has 2 atom stereocenters. The zero-order valence-corrected chi connectivity index (χ0v) is 12.6. The minimum absolute atomic E-state index is 0.0557. The van der Waals surface area contributed by atoms with E-state index in [-0.39, 0.29) is 24.5 Å². The lowest BCUT2D eigenvalue weighted by molar-refractivity contribution is 0.0915.